The van der Waals surface area contributed by atoms with Crippen LogP contribution in [0.3, 0.4) is 0 Å². The Morgan fingerprint density at radius 3 is 2.74 bits per heavy atom. The smallest absolute Gasteiger partial charge is 0.224 e. The largest absolute Gasteiger partial charge is 0.495 e. The summed E-state index contributed by atoms with van der Waals surface area (Å²) in [6, 6.07) is 5.15. The fourth-order valence-electron chi connectivity index (χ4n) is 1.77. The van der Waals surface area contributed by atoms with Crippen LogP contribution in [0.1, 0.15) is 32.1 Å². The lowest BCUT2D eigenvalue weighted by Crippen LogP contribution is -2.12. The van der Waals surface area contributed by atoms with Crippen molar-refractivity contribution in [2.75, 3.05) is 19.0 Å². The molecule has 0 saturated carbocycles. The average Bonchev–Trinajstić information content (AvgIpc) is 2.39. The van der Waals surface area contributed by atoms with Crippen LogP contribution in [0.15, 0.2) is 18.2 Å². The number of halogens is 1. The third kappa shape index (κ3) is 5.94. The van der Waals surface area contributed by atoms with Crippen molar-refractivity contribution in [1.82, 2.24) is 0 Å². The molecule has 0 aliphatic rings. The Labute approximate surface area is 119 Å². The average molecular weight is 285 g/mol. The molecule has 1 amide bonds. The summed E-state index contributed by atoms with van der Waals surface area (Å²) in [5.74, 6) is 0.592. The van der Waals surface area contributed by atoms with Gasteiger partial charge in [-0.3, -0.25) is 4.79 Å². The van der Waals surface area contributed by atoms with Gasteiger partial charge in [0.1, 0.15) is 5.75 Å². The molecule has 3 N–H and O–H groups in total. The van der Waals surface area contributed by atoms with Gasteiger partial charge in [0.15, 0.2) is 0 Å². The minimum absolute atomic E-state index is 0.0201. The lowest BCUT2D eigenvalue weighted by atomic mass is 10.1. The molecule has 0 fully saturated rings. The van der Waals surface area contributed by atoms with Gasteiger partial charge in [-0.25, -0.2) is 0 Å². The molecule has 0 spiro atoms. The zero-order valence-electron chi connectivity index (χ0n) is 11.2. The number of ether oxygens (including phenoxy) is 1. The highest BCUT2D eigenvalue weighted by Crippen LogP contribution is 2.27. The van der Waals surface area contributed by atoms with Gasteiger partial charge in [-0.15, -0.1) is 0 Å². The van der Waals surface area contributed by atoms with Gasteiger partial charge in [0.05, 0.1) is 12.8 Å². The second-order valence-electron chi connectivity index (χ2n) is 4.35. The Kier molecular flexibility index (Phi) is 7.30. The highest BCUT2D eigenvalue weighted by atomic mass is 35.5. The van der Waals surface area contributed by atoms with E-state index in [1.807, 2.05) is 0 Å². The molecule has 1 aromatic rings. The zero-order chi connectivity index (χ0) is 14.1. The standard InChI is InChI=1S/C14H21ClN2O2/c1-19-13-8-7-11(15)10-12(13)17-14(18)6-4-2-3-5-9-16/h7-8,10H,2-6,9,16H2,1H3,(H,17,18). The Balaban J connectivity index is 2.41. The third-order valence-corrected chi connectivity index (χ3v) is 3.03. The van der Waals surface area contributed by atoms with E-state index in [9.17, 15) is 4.79 Å². The second-order valence-corrected chi connectivity index (χ2v) is 4.78. The molecule has 0 aliphatic carbocycles. The SMILES string of the molecule is COc1ccc(Cl)cc1NC(=O)CCCCCCN. The number of amides is 1. The number of hydrogen-bond donors (Lipinski definition) is 2. The Bertz CT molecular complexity index is 410. The van der Waals surface area contributed by atoms with Gasteiger partial charge in [-0.2, -0.15) is 0 Å². The maximum absolute atomic E-state index is 11.8. The predicted molar refractivity (Wildman–Crippen MR) is 78.8 cm³/mol. The van der Waals surface area contributed by atoms with E-state index in [1.165, 1.54) is 0 Å². The lowest BCUT2D eigenvalue weighted by molar-refractivity contribution is -0.116. The highest BCUT2D eigenvalue weighted by Gasteiger charge is 2.08. The van der Waals surface area contributed by atoms with Crippen molar-refractivity contribution in [1.29, 1.82) is 0 Å². The first-order valence-corrected chi connectivity index (χ1v) is 6.88. The van der Waals surface area contributed by atoms with Crippen LogP contribution in [-0.2, 0) is 4.79 Å². The summed E-state index contributed by atoms with van der Waals surface area (Å²) in [7, 11) is 1.56. The minimum atomic E-state index is -0.0201. The summed E-state index contributed by atoms with van der Waals surface area (Å²) in [5.41, 5.74) is 6.03. The Morgan fingerprint density at radius 1 is 1.32 bits per heavy atom. The molecular formula is C14H21ClN2O2. The summed E-state index contributed by atoms with van der Waals surface area (Å²) in [4.78, 5) is 11.8. The number of hydrogen-bond acceptors (Lipinski definition) is 3. The van der Waals surface area contributed by atoms with E-state index in [1.54, 1.807) is 25.3 Å². The van der Waals surface area contributed by atoms with E-state index in [-0.39, 0.29) is 5.91 Å². The monoisotopic (exact) mass is 284 g/mol. The molecule has 0 atom stereocenters. The van der Waals surface area contributed by atoms with E-state index in [0.29, 0.717) is 29.4 Å². The van der Waals surface area contributed by atoms with Crippen molar-refractivity contribution >= 4 is 23.2 Å². The molecule has 0 saturated heterocycles. The summed E-state index contributed by atoms with van der Waals surface area (Å²) < 4.78 is 5.17. The van der Waals surface area contributed by atoms with Crippen molar-refractivity contribution in [2.24, 2.45) is 5.73 Å². The van der Waals surface area contributed by atoms with Gasteiger partial charge >= 0.3 is 0 Å². The van der Waals surface area contributed by atoms with Crippen LogP contribution in [0, 0.1) is 0 Å². The summed E-state index contributed by atoms with van der Waals surface area (Å²) in [6.45, 7) is 0.714. The number of unbranched alkanes of at least 4 members (excludes halogenated alkanes) is 3. The van der Waals surface area contributed by atoms with Crippen LogP contribution >= 0.6 is 11.6 Å². The van der Waals surface area contributed by atoms with Crippen LogP contribution in [0.25, 0.3) is 0 Å². The first-order valence-electron chi connectivity index (χ1n) is 6.51. The van der Waals surface area contributed by atoms with Crippen LogP contribution < -0.4 is 15.8 Å². The van der Waals surface area contributed by atoms with Gasteiger partial charge in [0, 0.05) is 11.4 Å². The van der Waals surface area contributed by atoms with E-state index < -0.39 is 0 Å². The maximum atomic E-state index is 11.8. The molecule has 0 aromatic heterocycles. The third-order valence-electron chi connectivity index (χ3n) is 2.79. The van der Waals surface area contributed by atoms with Gasteiger partial charge < -0.3 is 15.8 Å². The normalized spacial score (nSPS) is 10.3. The molecule has 4 nitrogen and oxygen atoms in total. The number of methoxy groups -OCH3 is 1. The van der Waals surface area contributed by atoms with E-state index in [0.717, 1.165) is 25.7 Å². The van der Waals surface area contributed by atoms with Gasteiger partial charge in [-0.1, -0.05) is 24.4 Å². The summed E-state index contributed by atoms with van der Waals surface area (Å²) >= 11 is 5.90. The van der Waals surface area contributed by atoms with Crippen molar-refractivity contribution < 1.29 is 9.53 Å². The van der Waals surface area contributed by atoms with Crippen LogP contribution in [0.4, 0.5) is 5.69 Å². The van der Waals surface area contributed by atoms with Crippen molar-refractivity contribution in [3.05, 3.63) is 23.2 Å². The van der Waals surface area contributed by atoms with Crippen LogP contribution in [0.2, 0.25) is 5.02 Å². The van der Waals surface area contributed by atoms with Gasteiger partial charge in [0.2, 0.25) is 5.91 Å². The predicted octanol–water partition coefficient (Wildman–Crippen LogP) is 3.20. The zero-order valence-corrected chi connectivity index (χ0v) is 12.0. The summed E-state index contributed by atoms with van der Waals surface area (Å²) in [6.07, 6.45) is 4.49. The van der Waals surface area contributed by atoms with Crippen molar-refractivity contribution in [3.8, 4) is 5.75 Å². The number of benzene rings is 1. The molecule has 19 heavy (non-hydrogen) atoms. The number of nitrogens with two attached hydrogens (primary N) is 1. The number of carbonyl (C=O) groups is 1. The van der Waals surface area contributed by atoms with E-state index in [2.05, 4.69) is 5.32 Å². The fourth-order valence-corrected chi connectivity index (χ4v) is 1.95. The molecule has 0 heterocycles. The first-order chi connectivity index (χ1) is 9.17. The van der Waals surface area contributed by atoms with E-state index in [4.69, 9.17) is 22.1 Å². The molecular weight excluding hydrogens is 264 g/mol. The first kappa shape index (κ1) is 15.8. The molecule has 106 valence electrons. The number of rotatable bonds is 8. The topological polar surface area (TPSA) is 64.3 Å². The molecule has 1 aromatic carbocycles. The van der Waals surface area contributed by atoms with Crippen LogP contribution in [0.5, 0.6) is 5.75 Å². The van der Waals surface area contributed by atoms with Gasteiger partial charge in [-0.05, 0) is 37.6 Å². The number of carbonyl (C=O) groups excluding carboxylic acids is 1. The molecule has 0 bridgehead atoms. The van der Waals surface area contributed by atoms with Gasteiger partial charge in [0.25, 0.3) is 0 Å². The van der Waals surface area contributed by atoms with E-state index >= 15 is 0 Å². The second kappa shape index (κ2) is 8.77. The quantitative estimate of drug-likeness (QED) is 0.721. The van der Waals surface area contributed by atoms with Crippen LogP contribution in [-0.4, -0.2) is 19.6 Å². The maximum Gasteiger partial charge on any atom is 0.224 e. The highest BCUT2D eigenvalue weighted by molar-refractivity contribution is 6.31. The minimum Gasteiger partial charge on any atom is -0.495 e. The molecule has 5 heteroatoms. The number of nitrogens with one attached hydrogen (secondary N) is 1. The Morgan fingerprint density at radius 2 is 2.05 bits per heavy atom. The fraction of sp³-hybridized carbons (Fsp3) is 0.500. The number of anilines is 1. The molecule has 0 unspecified atom stereocenters. The Hall–Kier alpha value is -1.26. The molecule has 0 radical (unpaired) electrons. The van der Waals surface area contributed by atoms with Crippen molar-refractivity contribution in [3.63, 3.8) is 0 Å². The summed E-state index contributed by atoms with van der Waals surface area (Å²) in [5, 5.41) is 3.39. The molecule has 1 rings (SSSR count). The van der Waals surface area contributed by atoms with Crippen molar-refractivity contribution in [2.45, 2.75) is 32.1 Å². The molecule has 0 aliphatic heterocycles. The lowest BCUT2D eigenvalue weighted by Gasteiger charge is -2.10.